The Balaban J connectivity index is 0.000000480. The molecule has 0 aliphatic heterocycles. The number of aliphatic carboxylic acids is 2. The Morgan fingerprint density at radius 3 is 1.96 bits per heavy atom. The van der Waals surface area contributed by atoms with Gasteiger partial charge < -0.3 is 10.2 Å². The predicted molar refractivity (Wildman–Crippen MR) is 78.6 cm³/mol. The molecule has 0 bridgehead atoms. The van der Waals surface area contributed by atoms with Gasteiger partial charge in [0, 0.05) is 17.8 Å². The summed E-state index contributed by atoms with van der Waals surface area (Å²) >= 11 is 0. The zero-order valence-electron chi connectivity index (χ0n) is 13.7. The molecule has 0 aliphatic rings. The Labute approximate surface area is 152 Å². The minimum absolute atomic E-state index is 0.0600. The molecule has 2 N–H and O–H groups in total. The molecule has 0 fully saturated rings. The molecule has 0 saturated carbocycles. The maximum absolute atomic E-state index is 12.4. The predicted octanol–water partition coefficient (Wildman–Crippen LogP) is 2.56. The minimum Gasteiger partial charge on any atom is -0.481 e. The third kappa shape index (κ3) is 7.55. The highest BCUT2D eigenvalue weighted by atomic mass is 19.4. The third-order valence-corrected chi connectivity index (χ3v) is 2.96. The van der Waals surface area contributed by atoms with Gasteiger partial charge in [0.25, 0.3) is 0 Å². The molecule has 0 atom stereocenters. The second-order valence-electron chi connectivity index (χ2n) is 5.06. The number of nitrogens with zero attached hydrogens (tertiary/aromatic N) is 3. The molecule has 152 valence electrons. The molecule has 0 aromatic carbocycles. The normalized spacial score (nSPS) is 11.4. The summed E-state index contributed by atoms with van der Waals surface area (Å²) in [5.41, 5.74) is 0.0999. The molecule has 0 unspecified atom stereocenters. The molecule has 2 aromatic heterocycles. The van der Waals surface area contributed by atoms with Crippen LogP contribution in [0.1, 0.15) is 12.0 Å². The fourth-order valence-electron chi connectivity index (χ4n) is 1.61. The highest BCUT2D eigenvalue weighted by Crippen LogP contribution is 2.29. The van der Waals surface area contributed by atoms with Crippen molar-refractivity contribution in [3.05, 3.63) is 42.4 Å². The first-order valence-electron chi connectivity index (χ1n) is 7.22. The summed E-state index contributed by atoms with van der Waals surface area (Å²) in [4.78, 5) is 23.1. The van der Waals surface area contributed by atoms with Crippen molar-refractivity contribution in [2.75, 3.05) is 0 Å². The second kappa shape index (κ2) is 9.10. The minimum atomic E-state index is -5.08. The van der Waals surface area contributed by atoms with Gasteiger partial charge in [-0.25, -0.2) is 4.79 Å². The average Bonchev–Trinajstić information content (AvgIpc) is 2.59. The second-order valence-corrected chi connectivity index (χ2v) is 5.06. The molecule has 2 heterocycles. The van der Waals surface area contributed by atoms with Crippen LogP contribution < -0.4 is 4.68 Å². The first-order valence-corrected chi connectivity index (χ1v) is 7.22. The maximum atomic E-state index is 12.4. The van der Waals surface area contributed by atoms with Gasteiger partial charge in [-0.3, -0.25) is 9.78 Å². The van der Waals surface area contributed by atoms with Gasteiger partial charge in [0.15, 0.2) is 12.7 Å². The number of halogens is 6. The summed E-state index contributed by atoms with van der Waals surface area (Å²) in [6.07, 6.45) is -5.81. The Morgan fingerprint density at radius 2 is 1.61 bits per heavy atom. The fraction of sp³-hybridized carbons (Fsp3) is 0.267. The molecule has 0 aliphatic carbocycles. The molecule has 28 heavy (non-hydrogen) atoms. The van der Waals surface area contributed by atoms with Gasteiger partial charge in [-0.15, -0.1) is 0 Å². The lowest BCUT2D eigenvalue weighted by Crippen LogP contribution is -2.38. The largest absolute Gasteiger partial charge is 0.490 e. The molecule has 2 rings (SSSR count). The van der Waals surface area contributed by atoms with Crippen molar-refractivity contribution in [3.8, 4) is 11.3 Å². The van der Waals surface area contributed by atoms with Crippen molar-refractivity contribution in [2.24, 2.45) is 0 Å². The number of alkyl halides is 6. The van der Waals surface area contributed by atoms with Crippen LogP contribution in [0, 0.1) is 0 Å². The van der Waals surface area contributed by atoms with Crippen LogP contribution in [-0.2, 0) is 22.3 Å². The Bertz CT molecular complexity index is 805. The SMILES string of the molecule is O=C(O)C(F)(F)F.O=C(O)CC[n+]1ccc(-c2ccc(C(F)(F)F)cn2)cn1. The van der Waals surface area contributed by atoms with Gasteiger partial charge >= 0.3 is 24.3 Å². The molecular weight excluding hydrogens is 400 g/mol. The van der Waals surface area contributed by atoms with E-state index >= 15 is 0 Å². The highest BCUT2D eigenvalue weighted by molar-refractivity contribution is 5.73. The number of hydrogen-bond donors (Lipinski definition) is 2. The van der Waals surface area contributed by atoms with E-state index in [-0.39, 0.29) is 13.0 Å². The zero-order valence-corrected chi connectivity index (χ0v) is 13.7. The number of carboxylic acids is 2. The van der Waals surface area contributed by atoms with Gasteiger partial charge in [0.2, 0.25) is 0 Å². The van der Waals surface area contributed by atoms with Crippen LogP contribution in [0.3, 0.4) is 0 Å². The summed E-state index contributed by atoms with van der Waals surface area (Å²) in [6.45, 7) is 0.218. The van der Waals surface area contributed by atoms with Crippen LogP contribution in [0.2, 0.25) is 0 Å². The molecule has 0 saturated heterocycles. The Kier molecular flexibility index (Phi) is 7.41. The lowest BCUT2D eigenvalue weighted by Gasteiger charge is -2.06. The molecule has 0 radical (unpaired) electrons. The van der Waals surface area contributed by atoms with E-state index in [0.29, 0.717) is 11.3 Å². The first-order chi connectivity index (χ1) is 12.8. The lowest BCUT2D eigenvalue weighted by molar-refractivity contribution is -0.752. The van der Waals surface area contributed by atoms with Crippen molar-refractivity contribution < 1.29 is 50.8 Å². The Hall–Kier alpha value is -3.25. The van der Waals surface area contributed by atoms with Crippen molar-refractivity contribution >= 4 is 11.9 Å². The topological polar surface area (TPSA) is 104 Å². The van der Waals surface area contributed by atoms with Crippen molar-refractivity contribution in [3.63, 3.8) is 0 Å². The van der Waals surface area contributed by atoms with Crippen LogP contribution in [0.15, 0.2) is 36.8 Å². The Morgan fingerprint density at radius 1 is 1.00 bits per heavy atom. The highest BCUT2D eigenvalue weighted by Gasteiger charge is 2.38. The monoisotopic (exact) mass is 412 g/mol. The summed E-state index contributed by atoms with van der Waals surface area (Å²) in [5.74, 6) is -3.69. The van der Waals surface area contributed by atoms with Crippen molar-refractivity contribution in [1.29, 1.82) is 0 Å². The molecule has 0 spiro atoms. The van der Waals surface area contributed by atoms with Crippen molar-refractivity contribution in [1.82, 2.24) is 10.1 Å². The van der Waals surface area contributed by atoms with Crippen LogP contribution in [0.4, 0.5) is 26.3 Å². The number of pyridine rings is 1. The summed E-state index contributed by atoms with van der Waals surface area (Å²) < 4.78 is 70.4. The number of aromatic nitrogens is 3. The van der Waals surface area contributed by atoms with Gasteiger partial charge in [-0.1, -0.05) is 4.68 Å². The first kappa shape index (κ1) is 22.8. The fourth-order valence-corrected chi connectivity index (χ4v) is 1.61. The molecule has 13 heteroatoms. The van der Waals surface area contributed by atoms with Crippen LogP contribution in [-0.4, -0.2) is 38.4 Å². The molecule has 7 nitrogen and oxygen atoms in total. The van der Waals surface area contributed by atoms with E-state index in [1.165, 1.54) is 16.9 Å². The van der Waals surface area contributed by atoms with Gasteiger partial charge in [0.05, 0.1) is 11.3 Å². The molecule has 0 amide bonds. The number of rotatable bonds is 4. The summed E-state index contributed by atoms with van der Waals surface area (Å²) in [6, 6.07) is 3.83. The average molecular weight is 412 g/mol. The van der Waals surface area contributed by atoms with E-state index in [0.717, 1.165) is 12.3 Å². The quantitative estimate of drug-likeness (QED) is 0.591. The smallest absolute Gasteiger partial charge is 0.481 e. The lowest BCUT2D eigenvalue weighted by atomic mass is 10.2. The summed E-state index contributed by atoms with van der Waals surface area (Å²) in [7, 11) is 0. The number of hydrogen-bond acceptors (Lipinski definition) is 4. The van der Waals surface area contributed by atoms with Crippen LogP contribution >= 0.6 is 0 Å². The standard InChI is InChI=1S/C13H10F3N3O2.C2HF3O2/c14-13(15,16)10-1-2-11(17-8-10)9-3-5-19(18-7-9)6-4-12(20)21;3-2(4,5)1(6)7/h1-3,5,7-8H,4,6H2;(H,6,7)/p+1. The van der Waals surface area contributed by atoms with E-state index in [4.69, 9.17) is 15.0 Å². The van der Waals surface area contributed by atoms with Gasteiger partial charge in [0.1, 0.15) is 12.6 Å². The van der Waals surface area contributed by atoms with Gasteiger partial charge in [-0.2, -0.15) is 26.3 Å². The maximum Gasteiger partial charge on any atom is 0.490 e. The van der Waals surface area contributed by atoms with Gasteiger partial charge in [-0.05, 0) is 17.2 Å². The van der Waals surface area contributed by atoms with E-state index in [1.807, 2.05) is 0 Å². The van der Waals surface area contributed by atoms with Crippen LogP contribution in [0.25, 0.3) is 11.3 Å². The van der Waals surface area contributed by atoms with E-state index in [2.05, 4.69) is 10.1 Å². The zero-order chi connectivity index (χ0) is 21.5. The number of aryl methyl sites for hydroxylation is 1. The molecule has 2 aromatic rings. The third-order valence-electron chi connectivity index (χ3n) is 2.96. The van der Waals surface area contributed by atoms with E-state index in [9.17, 15) is 31.1 Å². The van der Waals surface area contributed by atoms with Crippen molar-refractivity contribution in [2.45, 2.75) is 25.3 Å². The van der Waals surface area contributed by atoms with Crippen LogP contribution in [0.5, 0.6) is 0 Å². The number of carbonyl (C=O) groups is 2. The summed E-state index contributed by atoms with van der Waals surface area (Å²) in [5, 5.41) is 19.7. The molecular formula is C15H12F6N3O4+. The number of carboxylic acid groups (broad SMARTS) is 2. The van der Waals surface area contributed by atoms with E-state index < -0.39 is 29.9 Å². The van der Waals surface area contributed by atoms with E-state index in [1.54, 1.807) is 12.3 Å².